The molecule has 1 unspecified atom stereocenters. The van der Waals surface area contributed by atoms with Crippen molar-refractivity contribution < 1.29 is 9.53 Å². The number of hydrogen-bond donors (Lipinski definition) is 2. The Balaban J connectivity index is 3.22. The van der Waals surface area contributed by atoms with Gasteiger partial charge in [-0.3, -0.25) is 4.79 Å². The molecular formula is C10H22N2O2. The van der Waals surface area contributed by atoms with Crippen molar-refractivity contribution in [2.24, 2.45) is 11.7 Å². The van der Waals surface area contributed by atoms with Gasteiger partial charge in [0.1, 0.15) is 0 Å². The van der Waals surface area contributed by atoms with Crippen LogP contribution < -0.4 is 11.1 Å². The zero-order chi connectivity index (χ0) is 10.8. The first-order valence-corrected chi connectivity index (χ1v) is 5.16. The molecule has 4 heteroatoms. The van der Waals surface area contributed by atoms with Crippen LogP contribution in [0.15, 0.2) is 0 Å². The number of nitrogens with two attached hydrogens (primary N) is 1. The minimum Gasteiger partial charge on any atom is -0.384 e. The third-order valence-corrected chi connectivity index (χ3v) is 2.13. The van der Waals surface area contributed by atoms with Crippen molar-refractivity contribution in [2.75, 3.05) is 26.8 Å². The Labute approximate surface area is 86.2 Å². The van der Waals surface area contributed by atoms with Crippen molar-refractivity contribution in [3.63, 3.8) is 0 Å². The summed E-state index contributed by atoms with van der Waals surface area (Å²) in [5, 5.41) is 2.84. The van der Waals surface area contributed by atoms with Crippen molar-refractivity contribution in [1.82, 2.24) is 5.32 Å². The van der Waals surface area contributed by atoms with Crippen LogP contribution in [0.4, 0.5) is 0 Å². The van der Waals surface area contributed by atoms with E-state index in [4.69, 9.17) is 10.5 Å². The summed E-state index contributed by atoms with van der Waals surface area (Å²) in [4.78, 5) is 11.1. The molecule has 0 radical (unpaired) electrons. The largest absolute Gasteiger partial charge is 0.384 e. The lowest BCUT2D eigenvalue weighted by atomic mass is 10.1. The first-order chi connectivity index (χ1) is 6.70. The highest BCUT2D eigenvalue weighted by molar-refractivity contribution is 5.75. The van der Waals surface area contributed by atoms with Crippen LogP contribution in [0.2, 0.25) is 0 Å². The molecule has 0 aromatic carbocycles. The van der Waals surface area contributed by atoms with Crippen molar-refractivity contribution in [3.8, 4) is 0 Å². The SMILES string of the molecule is COCCC(=O)NCCCC(C)CN. The fourth-order valence-electron chi connectivity index (χ4n) is 1.08. The minimum atomic E-state index is 0.0623. The van der Waals surface area contributed by atoms with Crippen LogP contribution in [0.5, 0.6) is 0 Å². The monoisotopic (exact) mass is 202 g/mol. The zero-order valence-electron chi connectivity index (χ0n) is 9.21. The van der Waals surface area contributed by atoms with E-state index in [1.807, 2.05) is 0 Å². The normalized spacial score (nSPS) is 12.5. The highest BCUT2D eigenvalue weighted by atomic mass is 16.5. The highest BCUT2D eigenvalue weighted by Crippen LogP contribution is 2.01. The standard InChI is InChI=1S/C10H22N2O2/c1-9(8-11)4-3-6-12-10(13)5-7-14-2/h9H,3-8,11H2,1-2H3,(H,12,13). The Morgan fingerprint density at radius 1 is 1.57 bits per heavy atom. The van der Waals surface area contributed by atoms with Gasteiger partial charge >= 0.3 is 0 Å². The van der Waals surface area contributed by atoms with Gasteiger partial charge in [-0.25, -0.2) is 0 Å². The van der Waals surface area contributed by atoms with E-state index in [-0.39, 0.29) is 5.91 Å². The topological polar surface area (TPSA) is 64.3 Å². The molecule has 0 spiro atoms. The summed E-state index contributed by atoms with van der Waals surface area (Å²) in [6, 6.07) is 0. The van der Waals surface area contributed by atoms with Crippen molar-refractivity contribution >= 4 is 5.91 Å². The van der Waals surface area contributed by atoms with Gasteiger partial charge in [-0.1, -0.05) is 6.92 Å². The van der Waals surface area contributed by atoms with E-state index in [1.165, 1.54) is 0 Å². The van der Waals surface area contributed by atoms with E-state index in [2.05, 4.69) is 12.2 Å². The molecule has 0 aliphatic heterocycles. The highest BCUT2D eigenvalue weighted by Gasteiger charge is 2.01. The number of ether oxygens (including phenoxy) is 1. The predicted molar refractivity (Wildman–Crippen MR) is 57.0 cm³/mol. The summed E-state index contributed by atoms with van der Waals surface area (Å²) in [5.74, 6) is 0.609. The predicted octanol–water partition coefficient (Wildman–Crippen LogP) is 0.514. The van der Waals surface area contributed by atoms with E-state index < -0.39 is 0 Å². The third kappa shape index (κ3) is 8.01. The van der Waals surface area contributed by atoms with Crippen LogP contribution in [-0.2, 0) is 9.53 Å². The minimum absolute atomic E-state index is 0.0623. The average Bonchev–Trinajstić information content (AvgIpc) is 2.21. The smallest absolute Gasteiger partial charge is 0.222 e. The Hall–Kier alpha value is -0.610. The molecule has 0 aromatic rings. The van der Waals surface area contributed by atoms with E-state index in [0.29, 0.717) is 18.9 Å². The quantitative estimate of drug-likeness (QED) is 0.564. The maximum atomic E-state index is 11.1. The van der Waals surface area contributed by atoms with Gasteiger partial charge in [0, 0.05) is 20.1 Å². The van der Waals surface area contributed by atoms with Crippen LogP contribution in [-0.4, -0.2) is 32.7 Å². The van der Waals surface area contributed by atoms with Crippen molar-refractivity contribution in [3.05, 3.63) is 0 Å². The lowest BCUT2D eigenvalue weighted by molar-refractivity contribution is -0.121. The summed E-state index contributed by atoms with van der Waals surface area (Å²) in [5.41, 5.74) is 5.48. The fraction of sp³-hybridized carbons (Fsp3) is 0.900. The number of nitrogens with one attached hydrogen (secondary N) is 1. The molecule has 3 N–H and O–H groups in total. The maximum absolute atomic E-state index is 11.1. The van der Waals surface area contributed by atoms with Gasteiger partial charge in [0.2, 0.25) is 5.91 Å². The molecule has 0 aliphatic carbocycles. The number of carbonyl (C=O) groups excluding carboxylic acids is 1. The number of amides is 1. The number of rotatable bonds is 8. The number of carbonyl (C=O) groups is 1. The Morgan fingerprint density at radius 2 is 2.29 bits per heavy atom. The second kappa shape index (κ2) is 8.97. The first-order valence-electron chi connectivity index (χ1n) is 5.16. The molecule has 0 heterocycles. The van der Waals surface area contributed by atoms with Crippen LogP contribution in [0.1, 0.15) is 26.2 Å². The lowest BCUT2D eigenvalue weighted by Crippen LogP contribution is -2.25. The summed E-state index contributed by atoms with van der Waals surface area (Å²) < 4.78 is 4.80. The molecular weight excluding hydrogens is 180 g/mol. The molecule has 0 rings (SSSR count). The second-order valence-electron chi connectivity index (χ2n) is 3.58. The van der Waals surface area contributed by atoms with E-state index in [0.717, 1.165) is 25.9 Å². The zero-order valence-corrected chi connectivity index (χ0v) is 9.21. The van der Waals surface area contributed by atoms with Crippen LogP contribution in [0.25, 0.3) is 0 Å². The molecule has 0 saturated heterocycles. The van der Waals surface area contributed by atoms with Crippen LogP contribution in [0, 0.1) is 5.92 Å². The fourth-order valence-corrected chi connectivity index (χ4v) is 1.08. The molecule has 0 aromatic heterocycles. The Bertz CT molecular complexity index is 151. The molecule has 0 bridgehead atoms. The van der Waals surface area contributed by atoms with Gasteiger partial charge in [0.25, 0.3) is 0 Å². The van der Waals surface area contributed by atoms with Crippen molar-refractivity contribution in [1.29, 1.82) is 0 Å². The molecule has 1 amide bonds. The van der Waals surface area contributed by atoms with E-state index in [1.54, 1.807) is 7.11 Å². The second-order valence-corrected chi connectivity index (χ2v) is 3.58. The van der Waals surface area contributed by atoms with Gasteiger partial charge in [0.15, 0.2) is 0 Å². The summed E-state index contributed by atoms with van der Waals surface area (Å²) in [7, 11) is 1.59. The van der Waals surface area contributed by atoms with Gasteiger partial charge in [-0.2, -0.15) is 0 Å². The van der Waals surface area contributed by atoms with Crippen molar-refractivity contribution in [2.45, 2.75) is 26.2 Å². The molecule has 84 valence electrons. The van der Waals surface area contributed by atoms with E-state index >= 15 is 0 Å². The molecule has 4 nitrogen and oxygen atoms in total. The number of methoxy groups -OCH3 is 1. The molecule has 1 atom stereocenters. The maximum Gasteiger partial charge on any atom is 0.222 e. The van der Waals surface area contributed by atoms with Gasteiger partial charge in [0.05, 0.1) is 6.61 Å². The Kier molecular flexibility index (Phi) is 8.57. The Morgan fingerprint density at radius 3 is 2.86 bits per heavy atom. The van der Waals surface area contributed by atoms with Gasteiger partial charge in [-0.05, 0) is 25.3 Å². The first kappa shape index (κ1) is 13.4. The van der Waals surface area contributed by atoms with Crippen LogP contribution >= 0.6 is 0 Å². The molecule has 0 fully saturated rings. The summed E-state index contributed by atoms with van der Waals surface area (Å²) in [6.45, 7) is 4.07. The van der Waals surface area contributed by atoms with Gasteiger partial charge in [-0.15, -0.1) is 0 Å². The molecule has 14 heavy (non-hydrogen) atoms. The van der Waals surface area contributed by atoms with Gasteiger partial charge < -0.3 is 15.8 Å². The third-order valence-electron chi connectivity index (χ3n) is 2.13. The average molecular weight is 202 g/mol. The lowest BCUT2D eigenvalue weighted by Gasteiger charge is -2.08. The molecule has 0 saturated carbocycles. The summed E-state index contributed by atoms with van der Waals surface area (Å²) in [6.07, 6.45) is 2.51. The van der Waals surface area contributed by atoms with Crippen LogP contribution in [0.3, 0.4) is 0 Å². The summed E-state index contributed by atoms with van der Waals surface area (Å²) >= 11 is 0. The van der Waals surface area contributed by atoms with E-state index in [9.17, 15) is 4.79 Å². The number of hydrogen-bond acceptors (Lipinski definition) is 3. The molecule has 0 aliphatic rings.